The molecule has 0 aliphatic carbocycles. The summed E-state index contributed by atoms with van der Waals surface area (Å²) in [5.41, 5.74) is 6.42. The summed E-state index contributed by atoms with van der Waals surface area (Å²) in [6.07, 6.45) is -1.01. The smallest absolute Gasteiger partial charge is 0.129 e. The summed E-state index contributed by atoms with van der Waals surface area (Å²) in [5.74, 6) is -1.46. The molecule has 2 unspecified atom stereocenters. The third-order valence-electron chi connectivity index (χ3n) is 3.43. The molecule has 5 heteroatoms. The van der Waals surface area contributed by atoms with Gasteiger partial charge in [0.15, 0.2) is 0 Å². The van der Waals surface area contributed by atoms with Crippen molar-refractivity contribution in [1.82, 2.24) is 0 Å². The number of nitrogens with two attached hydrogens (primary N) is 1. The van der Waals surface area contributed by atoms with Crippen LogP contribution in [-0.2, 0) is 0 Å². The molecule has 3 N–H and O–H groups in total. The largest absolute Gasteiger partial charge is 0.497 e. The number of benzene rings is 2. The van der Waals surface area contributed by atoms with Gasteiger partial charge in [0.05, 0.1) is 13.2 Å². The van der Waals surface area contributed by atoms with Crippen molar-refractivity contribution in [3.63, 3.8) is 0 Å². The van der Waals surface area contributed by atoms with Gasteiger partial charge in [0, 0.05) is 18.5 Å². The number of rotatable bonds is 5. The lowest BCUT2D eigenvalue weighted by Crippen LogP contribution is -2.21. The van der Waals surface area contributed by atoms with Crippen LogP contribution in [0.25, 0.3) is 0 Å². The third kappa shape index (κ3) is 3.37. The predicted octanol–water partition coefficient (Wildman–Crippen LogP) is 2.75. The van der Waals surface area contributed by atoms with E-state index in [0.717, 1.165) is 12.1 Å². The van der Waals surface area contributed by atoms with E-state index in [-0.39, 0.29) is 12.1 Å². The minimum absolute atomic E-state index is 0.0287. The first kappa shape index (κ1) is 15.4. The van der Waals surface area contributed by atoms with Crippen LogP contribution < -0.4 is 10.5 Å². The number of methoxy groups -OCH3 is 1. The standard InChI is InChI=1S/C16H17F2NO2/c1-21-12-4-2-3-10(7-12)16(20)14(9-19)13-6-5-11(17)8-15(13)18/h2-8,14,16,20H,9,19H2,1H3. The molecule has 21 heavy (non-hydrogen) atoms. The molecule has 0 radical (unpaired) electrons. The number of ether oxygens (including phenoxy) is 1. The van der Waals surface area contributed by atoms with Gasteiger partial charge in [-0.15, -0.1) is 0 Å². The highest BCUT2D eigenvalue weighted by Gasteiger charge is 2.24. The van der Waals surface area contributed by atoms with Crippen LogP contribution in [0, 0.1) is 11.6 Å². The van der Waals surface area contributed by atoms with Crippen molar-refractivity contribution in [3.05, 3.63) is 65.2 Å². The van der Waals surface area contributed by atoms with Gasteiger partial charge in [0.25, 0.3) is 0 Å². The summed E-state index contributed by atoms with van der Waals surface area (Å²) in [7, 11) is 1.52. The van der Waals surface area contributed by atoms with Crippen LogP contribution in [0.4, 0.5) is 8.78 Å². The van der Waals surface area contributed by atoms with Gasteiger partial charge in [-0.3, -0.25) is 0 Å². The molecule has 0 aliphatic rings. The molecule has 0 amide bonds. The molecule has 0 aromatic heterocycles. The Hall–Kier alpha value is -1.98. The van der Waals surface area contributed by atoms with Gasteiger partial charge in [-0.05, 0) is 29.3 Å². The first-order valence-electron chi connectivity index (χ1n) is 6.54. The number of aliphatic hydroxyl groups is 1. The molecule has 2 atom stereocenters. The Balaban J connectivity index is 2.35. The number of hydrogen-bond donors (Lipinski definition) is 2. The lowest BCUT2D eigenvalue weighted by Gasteiger charge is -2.23. The molecule has 2 aromatic carbocycles. The Morgan fingerprint density at radius 1 is 1.19 bits per heavy atom. The molecule has 0 fully saturated rings. The van der Waals surface area contributed by atoms with Gasteiger partial charge in [-0.2, -0.15) is 0 Å². The fourth-order valence-corrected chi connectivity index (χ4v) is 2.29. The SMILES string of the molecule is COc1cccc(C(O)C(CN)c2ccc(F)cc2F)c1. The number of hydrogen-bond acceptors (Lipinski definition) is 3. The monoisotopic (exact) mass is 293 g/mol. The Bertz CT molecular complexity index is 619. The van der Waals surface area contributed by atoms with E-state index in [1.54, 1.807) is 24.3 Å². The zero-order chi connectivity index (χ0) is 15.4. The molecule has 112 valence electrons. The minimum atomic E-state index is -1.01. The quantitative estimate of drug-likeness (QED) is 0.891. The third-order valence-corrected chi connectivity index (χ3v) is 3.43. The second-order valence-corrected chi connectivity index (χ2v) is 4.73. The van der Waals surface area contributed by atoms with Crippen LogP contribution in [0.15, 0.2) is 42.5 Å². The first-order chi connectivity index (χ1) is 10.1. The van der Waals surface area contributed by atoms with E-state index in [4.69, 9.17) is 10.5 Å². The van der Waals surface area contributed by atoms with Crippen molar-refractivity contribution in [2.45, 2.75) is 12.0 Å². The van der Waals surface area contributed by atoms with Gasteiger partial charge in [-0.25, -0.2) is 8.78 Å². The average molecular weight is 293 g/mol. The highest BCUT2D eigenvalue weighted by atomic mass is 19.1. The van der Waals surface area contributed by atoms with Crippen molar-refractivity contribution >= 4 is 0 Å². The van der Waals surface area contributed by atoms with E-state index in [1.807, 2.05) is 0 Å². The molecule has 0 bridgehead atoms. The summed E-state index contributed by atoms with van der Waals surface area (Å²) >= 11 is 0. The van der Waals surface area contributed by atoms with Gasteiger partial charge < -0.3 is 15.6 Å². The summed E-state index contributed by atoms with van der Waals surface area (Å²) in [6, 6.07) is 10.1. The second kappa shape index (κ2) is 6.65. The molecule has 0 heterocycles. The molecule has 0 spiro atoms. The Morgan fingerprint density at radius 2 is 1.95 bits per heavy atom. The predicted molar refractivity (Wildman–Crippen MR) is 76.1 cm³/mol. The Kier molecular flexibility index (Phi) is 4.88. The first-order valence-corrected chi connectivity index (χ1v) is 6.54. The maximum atomic E-state index is 13.9. The zero-order valence-electron chi connectivity index (χ0n) is 11.6. The molecule has 0 aliphatic heterocycles. The number of aliphatic hydroxyl groups excluding tert-OH is 1. The van der Waals surface area contributed by atoms with Crippen LogP contribution >= 0.6 is 0 Å². The minimum Gasteiger partial charge on any atom is -0.497 e. The van der Waals surface area contributed by atoms with Crippen molar-refractivity contribution in [3.8, 4) is 5.75 Å². The highest BCUT2D eigenvalue weighted by molar-refractivity contribution is 5.33. The summed E-state index contributed by atoms with van der Waals surface area (Å²) in [5, 5.41) is 10.5. The maximum absolute atomic E-state index is 13.9. The molecule has 0 saturated carbocycles. The topological polar surface area (TPSA) is 55.5 Å². The number of halogens is 2. The van der Waals surface area contributed by atoms with Gasteiger partial charge in [0.2, 0.25) is 0 Å². The van der Waals surface area contributed by atoms with E-state index >= 15 is 0 Å². The Labute approximate surface area is 122 Å². The van der Waals surface area contributed by atoms with Crippen LogP contribution in [0.5, 0.6) is 5.75 Å². The van der Waals surface area contributed by atoms with Crippen LogP contribution in [-0.4, -0.2) is 18.8 Å². The van der Waals surface area contributed by atoms with Gasteiger partial charge in [-0.1, -0.05) is 18.2 Å². The van der Waals surface area contributed by atoms with E-state index in [1.165, 1.54) is 13.2 Å². The highest BCUT2D eigenvalue weighted by Crippen LogP contribution is 2.33. The van der Waals surface area contributed by atoms with Crippen LogP contribution in [0.1, 0.15) is 23.1 Å². The fourth-order valence-electron chi connectivity index (χ4n) is 2.29. The lowest BCUT2D eigenvalue weighted by molar-refractivity contribution is 0.145. The van der Waals surface area contributed by atoms with Crippen molar-refractivity contribution < 1.29 is 18.6 Å². The lowest BCUT2D eigenvalue weighted by atomic mass is 9.89. The zero-order valence-corrected chi connectivity index (χ0v) is 11.6. The summed E-state index contributed by atoms with van der Waals surface area (Å²) in [6.45, 7) is 0.0287. The molecule has 2 rings (SSSR count). The van der Waals surface area contributed by atoms with E-state index in [0.29, 0.717) is 11.3 Å². The molecule has 0 saturated heterocycles. The van der Waals surface area contributed by atoms with Crippen molar-refractivity contribution in [2.75, 3.05) is 13.7 Å². The van der Waals surface area contributed by atoms with Crippen molar-refractivity contribution in [1.29, 1.82) is 0 Å². The van der Waals surface area contributed by atoms with Gasteiger partial charge >= 0.3 is 0 Å². The molecule has 3 nitrogen and oxygen atoms in total. The van der Waals surface area contributed by atoms with E-state index in [2.05, 4.69) is 0 Å². The average Bonchev–Trinajstić information content (AvgIpc) is 2.50. The van der Waals surface area contributed by atoms with Crippen molar-refractivity contribution in [2.24, 2.45) is 5.73 Å². The molecular weight excluding hydrogens is 276 g/mol. The Morgan fingerprint density at radius 3 is 2.57 bits per heavy atom. The normalized spacial score (nSPS) is 13.8. The summed E-state index contributed by atoms with van der Waals surface area (Å²) < 4.78 is 32.0. The van der Waals surface area contributed by atoms with E-state index in [9.17, 15) is 13.9 Å². The fraction of sp³-hybridized carbons (Fsp3) is 0.250. The second-order valence-electron chi connectivity index (χ2n) is 4.73. The molecule has 2 aromatic rings. The van der Waals surface area contributed by atoms with Gasteiger partial charge in [0.1, 0.15) is 17.4 Å². The van der Waals surface area contributed by atoms with E-state index < -0.39 is 23.7 Å². The maximum Gasteiger partial charge on any atom is 0.129 e. The van der Waals surface area contributed by atoms with Crippen LogP contribution in [0.2, 0.25) is 0 Å². The summed E-state index contributed by atoms with van der Waals surface area (Å²) in [4.78, 5) is 0. The van der Waals surface area contributed by atoms with Crippen LogP contribution in [0.3, 0.4) is 0 Å². The molecular formula is C16H17F2NO2.